The molecule has 1 amide bonds. The first kappa shape index (κ1) is 17.7. The van der Waals surface area contributed by atoms with E-state index in [1.807, 2.05) is 6.07 Å². The maximum atomic E-state index is 13.1. The lowest BCUT2D eigenvalue weighted by molar-refractivity contribution is -0.146. The molecule has 0 aromatic heterocycles. The summed E-state index contributed by atoms with van der Waals surface area (Å²) in [5, 5.41) is 3.32. The first-order chi connectivity index (χ1) is 13.2. The highest BCUT2D eigenvalue weighted by Crippen LogP contribution is 2.60. The van der Waals surface area contributed by atoms with Crippen LogP contribution in [-0.4, -0.2) is 43.6 Å². The van der Waals surface area contributed by atoms with Gasteiger partial charge in [-0.05, 0) is 61.8 Å². The molecule has 0 spiro atoms. The zero-order chi connectivity index (χ0) is 18.3. The third kappa shape index (κ3) is 3.54. The fraction of sp³-hybridized carbons (Fsp3) is 0.696. The largest absolute Gasteiger partial charge is 0.371 e. The van der Waals surface area contributed by atoms with E-state index in [2.05, 4.69) is 34.5 Å². The zero-order valence-electron chi connectivity index (χ0n) is 16.2. The summed E-state index contributed by atoms with van der Waals surface area (Å²) in [6.45, 7) is 4.32. The summed E-state index contributed by atoms with van der Waals surface area (Å²) in [4.78, 5) is 15.5. The third-order valence-corrected chi connectivity index (χ3v) is 7.56. The van der Waals surface area contributed by atoms with Crippen molar-refractivity contribution in [3.8, 4) is 0 Å². The molecule has 1 aliphatic heterocycles. The van der Waals surface area contributed by atoms with Crippen LogP contribution in [0.1, 0.15) is 50.2 Å². The molecule has 0 unspecified atom stereocenters. The maximum Gasteiger partial charge on any atom is 0.226 e. The van der Waals surface area contributed by atoms with Gasteiger partial charge in [-0.15, -0.1) is 0 Å². The van der Waals surface area contributed by atoms with Crippen LogP contribution in [0.2, 0.25) is 0 Å². The van der Waals surface area contributed by atoms with Crippen molar-refractivity contribution in [1.29, 1.82) is 0 Å². The Bertz CT molecular complexity index is 639. The lowest BCUT2D eigenvalue weighted by atomic mass is 9.49. The summed E-state index contributed by atoms with van der Waals surface area (Å²) in [5.74, 6) is 2.84. The molecule has 4 heteroatoms. The molecule has 4 saturated carbocycles. The van der Waals surface area contributed by atoms with Gasteiger partial charge in [-0.25, -0.2) is 0 Å². The summed E-state index contributed by atoms with van der Waals surface area (Å²) >= 11 is 0. The third-order valence-electron chi connectivity index (χ3n) is 7.56. The Labute approximate surface area is 162 Å². The number of carbonyl (C=O) groups is 1. The van der Waals surface area contributed by atoms with Gasteiger partial charge >= 0.3 is 0 Å². The van der Waals surface area contributed by atoms with Gasteiger partial charge in [-0.3, -0.25) is 9.69 Å². The van der Waals surface area contributed by atoms with Crippen molar-refractivity contribution in [2.24, 2.45) is 23.2 Å². The van der Waals surface area contributed by atoms with Gasteiger partial charge < -0.3 is 10.1 Å². The van der Waals surface area contributed by atoms with Gasteiger partial charge in [0.15, 0.2) is 0 Å². The number of hydrogen-bond acceptors (Lipinski definition) is 3. The molecule has 6 rings (SSSR count). The Morgan fingerprint density at radius 2 is 1.74 bits per heavy atom. The van der Waals surface area contributed by atoms with Gasteiger partial charge in [0.1, 0.15) is 0 Å². The molecule has 1 N–H and O–H groups in total. The number of nitrogens with zero attached hydrogens (tertiary/aromatic N) is 1. The molecule has 1 heterocycles. The molecule has 4 bridgehead atoms. The Kier molecular flexibility index (Phi) is 4.73. The normalized spacial score (nSPS) is 38.1. The average molecular weight is 369 g/mol. The molecule has 0 radical (unpaired) electrons. The molecule has 5 fully saturated rings. The minimum absolute atomic E-state index is 0.0215. The Hall–Kier alpha value is -1.39. The standard InChI is InChI=1S/C23H32N2O2/c26-22(23-13-17-10-18(14-23)12-19(11-17)15-23)24-6-7-25-8-9-27-21(16-25)20-4-2-1-3-5-20/h1-5,17-19,21H,6-16H2,(H,24,26)/t17?,18?,19?,21-,23?/m1/s1. The van der Waals surface area contributed by atoms with E-state index in [0.717, 1.165) is 69.8 Å². The summed E-state index contributed by atoms with van der Waals surface area (Å²) in [5.41, 5.74) is 1.23. The number of carbonyl (C=O) groups excluding carboxylic acids is 1. The fourth-order valence-corrected chi connectivity index (χ4v) is 6.68. The van der Waals surface area contributed by atoms with Crippen molar-refractivity contribution in [3.05, 3.63) is 35.9 Å². The van der Waals surface area contributed by atoms with E-state index in [1.165, 1.54) is 24.8 Å². The molecule has 1 aromatic rings. The summed E-state index contributed by atoms with van der Waals surface area (Å²) in [6.07, 6.45) is 7.78. The highest BCUT2D eigenvalue weighted by atomic mass is 16.5. The van der Waals surface area contributed by atoms with Gasteiger partial charge in [-0.2, -0.15) is 0 Å². The molecule has 5 aliphatic rings. The number of nitrogens with one attached hydrogen (secondary N) is 1. The van der Waals surface area contributed by atoms with E-state index in [0.29, 0.717) is 5.91 Å². The van der Waals surface area contributed by atoms with E-state index in [-0.39, 0.29) is 11.5 Å². The minimum atomic E-state index is -0.0215. The first-order valence-corrected chi connectivity index (χ1v) is 10.9. The highest BCUT2D eigenvalue weighted by Gasteiger charge is 2.54. The van der Waals surface area contributed by atoms with Crippen LogP contribution in [-0.2, 0) is 9.53 Å². The highest BCUT2D eigenvalue weighted by molar-refractivity contribution is 5.83. The van der Waals surface area contributed by atoms with Crippen LogP contribution in [0.5, 0.6) is 0 Å². The fourth-order valence-electron chi connectivity index (χ4n) is 6.68. The predicted octanol–water partition coefficient (Wildman–Crippen LogP) is 3.39. The van der Waals surface area contributed by atoms with Crippen molar-refractivity contribution in [3.63, 3.8) is 0 Å². The molecule has 4 nitrogen and oxygen atoms in total. The van der Waals surface area contributed by atoms with Crippen LogP contribution in [0.25, 0.3) is 0 Å². The second kappa shape index (κ2) is 7.21. The van der Waals surface area contributed by atoms with Gasteiger partial charge in [0.2, 0.25) is 5.91 Å². The topological polar surface area (TPSA) is 41.6 Å². The average Bonchev–Trinajstić information content (AvgIpc) is 2.68. The van der Waals surface area contributed by atoms with Crippen LogP contribution in [0.3, 0.4) is 0 Å². The smallest absolute Gasteiger partial charge is 0.226 e. The lowest BCUT2D eigenvalue weighted by Gasteiger charge is -2.55. The maximum absolute atomic E-state index is 13.1. The molecular weight excluding hydrogens is 336 g/mol. The van der Waals surface area contributed by atoms with E-state index >= 15 is 0 Å². The second-order valence-corrected chi connectivity index (χ2v) is 9.52. The van der Waals surface area contributed by atoms with E-state index < -0.39 is 0 Å². The van der Waals surface area contributed by atoms with Crippen molar-refractivity contribution < 1.29 is 9.53 Å². The molecule has 4 aliphatic carbocycles. The molecule has 27 heavy (non-hydrogen) atoms. The van der Waals surface area contributed by atoms with E-state index in [4.69, 9.17) is 4.74 Å². The van der Waals surface area contributed by atoms with Crippen molar-refractivity contribution in [2.45, 2.75) is 44.6 Å². The SMILES string of the molecule is O=C(NCCN1CCO[C@@H](c2ccccc2)C1)C12CC3CC(CC(C3)C1)C2. The monoisotopic (exact) mass is 368 g/mol. The Morgan fingerprint density at radius 3 is 2.41 bits per heavy atom. The minimum Gasteiger partial charge on any atom is -0.371 e. The molecule has 146 valence electrons. The Balaban J connectivity index is 1.13. The number of rotatable bonds is 5. The zero-order valence-corrected chi connectivity index (χ0v) is 16.2. The molecule has 1 atom stereocenters. The molecular formula is C23H32N2O2. The van der Waals surface area contributed by atoms with Gasteiger partial charge in [0.05, 0.1) is 12.7 Å². The summed E-state index contributed by atoms with van der Waals surface area (Å²) in [7, 11) is 0. The van der Waals surface area contributed by atoms with Crippen LogP contribution in [0, 0.1) is 23.2 Å². The quantitative estimate of drug-likeness (QED) is 0.866. The number of ether oxygens (including phenoxy) is 1. The summed E-state index contributed by atoms with van der Waals surface area (Å²) < 4.78 is 5.96. The number of hydrogen-bond donors (Lipinski definition) is 1. The van der Waals surface area contributed by atoms with E-state index in [9.17, 15) is 4.79 Å². The molecule has 1 saturated heterocycles. The van der Waals surface area contributed by atoms with Crippen LogP contribution in [0.4, 0.5) is 0 Å². The van der Waals surface area contributed by atoms with Crippen molar-refractivity contribution in [1.82, 2.24) is 10.2 Å². The van der Waals surface area contributed by atoms with Gasteiger partial charge in [0, 0.05) is 31.6 Å². The first-order valence-electron chi connectivity index (χ1n) is 10.9. The van der Waals surface area contributed by atoms with Gasteiger partial charge in [0.25, 0.3) is 0 Å². The van der Waals surface area contributed by atoms with Crippen LogP contribution < -0.4 is 5.32 Å². The number of morpholine rings is 1. The van der Waals surface area contributed by atoms with Gasteiger partial charge in [-0.1, -0.05) is 30.3 Å². The predicted molar refractivity (Wildman–Crippen MR) is 105 cm³/mol. The summed E-state index contributed by atoms with van der Waals surface area (Å²) in [6, 6.07) is 10.5. The van der Waals surface area contributed by atoms with E-state index in [1.54, 1.807) is 0 Å². The van der Waals surface area contributed by atoms with Crippen LogP contribution >= 0.6 is 0 Å². The Morgan fingerprint density at radius 1 is 1.07 bits per heavy atom. The second-order valence-electron chi connectivity index (χ2n) is 9.52. The van der Waals surface area contributed by atoms with Crippen molar-refractivity contribution in [2.75, 3.05) is 32.8 Å². The number of amides is 1. The van der Waals surface area contributed by atoms with Crippen LogP contribution in [0.15, 0.2) is 30.3 Å². The number of benzene rings is 1. The van der Waals surface area contributed by atoms with Crippen molar-refractivity contribution >= 4 is 5.91 Å². The molecule has 1 aromatic carbocycles. The lowest BCUT2D eigenvalue weighted by Crippen LogP contribution is -2.54.